The van der Waals surface area contributed by atoms with Gasteiger partial charge in [-0.3, -0.25) is 9.78 Å². The third-order valence-corrected chi connectivity index (χ3v) is 11.9. The van der Waals surface area contributed by atoms with Gasteiger partial charge < -0.3 is 14.8 Å². The van der Waals surface area contributed by atoms with Crippen molar-refractivity contribution in [1.82, 2.24) is 10.3 Å². The number of rotatable bonds is 7. The number of benzene rings is 1. The molecule has 36 heavy (non-hydrogen) atoms. The van der Waals surface area contributed by atoms with E-state index in [-0.39, 0.29) is 5.04 Å². The average molecular weight is 521 g/mol. The van der Waals surface area contributed by atoms with Gasteiger partial charge in [-0.05, 0) is 73.6 Å². The molecule has 0 aliphatic heterocycles. The molecular weight excluding hydrogens is 488 g/mol. The summed E-state index contributed by atoms with van der Waals surface area (Å²) < 4.78 is 6.21. The van der Waals surface area contributed by atoms with Crippen LogP contribution >= 0.6 is 11.3 Å². The molecule has 0 aliphatic carbocycles. The van der Waals surface area contributed by atoms with Crippen LogP contribution in [-0.2, 0) is 9.22 Å². The van der Waals surface area contributed by atoms with Crippen LogP contribution in [-0.4, -0.2) is 42.4 Å². The van der Waals surface area contributed by atoms with Gasteiger partial charge in [-0.2, -0.15) is 0 Å². The Morgan fingerprint density at radius 3 is 2.33 bits per heavy atom. The molecule has 3 rings (SSSR count). The molecule has 0 fully saturated rings. The first-order chi connectivity index (χ1) is 16.9. The zero-order chi connectivity index (χ0) is 26.5. The van der Waals surface area contributed by atoms with Gasteiger partial charge in [-0.25, -0.2) is 4.79 Å². The number of hydrogen-bond acceptors (Lipinski definition) is 5. The number of thiophene rings is 1. The number of pyridine rings is 1. The number of nitrogens with one attached hydrogen (secondary N) is 1. The summed E-state index contributed by atoms with van der Waals surface area (Å²) in [4.78, 5) is 31.0. The van der Waals surface area contributed by atoms with Gasteiger partial charge in [0.1, 0.15) is 0 Å². The Bertz CT molecular complexity index is 1270. The zero-order valence-electron chi connectivity index (χ0n) is 21.5. The van der Waals surface area contributed by atoms with E-state index >= 15 is 0 Å². The molecule has 3 aromatic rings. The SMILES string of the molecule is CC(O[Si](C)(C)C(C)(C)C)[C@H](NC(=O)c1ccc(C#Cc2ccc(-c3ccccn3)s2)cc1)C(=O)O. The summed E-state index contributed by atoms with van der Waals surface area (Å²) in [6.45, 7) is 12.1. The predicted molar refractivity (Wildman–Crippen MR) is 147 cm³/mol. The molecular formula is C28H32N2O4SSi. The van der Waals surface area contributed by atoms with Crippen LogP contribution in [0.25, 0.3) is 10.6 Å². The second kappa shape index (κ2) is 11.2. The lowest BCUT2D eigenvalue weighted by Gasteiger charge is -2.39. The van der Waals surface area contributed by atoms with Crippen molar-refractivity contribution in [1.29, 1.82) is 0 Å². The van der Waals surface area contributed by atoms with Crippen LogP contribution in [0.15, 0.2) is 60.8 Å². The number of nitrogens with zero attached hydrogens (tertiary/aromatic N) is 1. The molecule has 1 aromatic carbocycles. The molecule has 1 unspecified atom stereocenters. The molecule has 0 spiro atoms. The Morgan fingerprint density at radius 1 is 1.06 bits per heavy atom. The number of carbonyl (C=O) groups excluding carboxylic acids is 1. The summed E-state index contributed by atoms with van der Waals surface area (Å²) in [5.74, 6) is 4.66. The van der Waals surface area contributed by atoms with E-state index in [1.54, 1.807) is 48.7 Å². The molecule has 0 saturated heterocycles. The minimum Gasteiger partial charge on any atom is -0.480 e. The first kappa shape index (κ1) is 27.3. The number of carboxylic acid groups (broad SMARTS) is 1. The fourth-order valence-corrected chi connectivity index (χ4v) is 5.46. The average Bonchev–Trinajstić information content (AvgIpc) is 3.30. The highest BCUT2D eigenvalue weighted by atomic mass is 32.1. The molecule has 6 nitrogen and oxygen atoms in total. The van der Waals surface area contributed by atoms with E-state index in [0.717, 1.165) is 21.0 Å². The van der Waals surface area contributed by atoms with Crippen LogP contribution in [0.4, 0.5) is 0 Å². The maximum atomic E-state index is 12.8. The summed E-state index contributed by atoms with van der Waals surface area (Å²) in [7, 11) is -2.20. The van der Waals surface area contributed by atoms with Gasteiger partial charge in [0.15, 0.2) is 14.4 Å². The molecule has 2 heterocycles. The monoisotopic (exact) mass is 520 g/mol. The number of aromatic nitrogens is 1. The van der Waals surface area contributed by atoms with E-state index in [1.165, 1.54) is 0 Å². The highest BCUT2D eigenvalue weighted by Gasteiger charge is 2.41. The third kappa shape index (κ3) is 6.91. The fourth-order valence-electron chi connectivity index (χ4n) is 3.20. The summed E-state index contributed by atoms with van der Waals surface area (Å²) in [5, 5.41) is 12.3. The van der Waals surface area contributed by atoms with Gasteiger partial charge in [-0.15, -0.1) is 11.3 Å². The van der Waals surface area contributed by atoms with Gasteiger partial charge in [0, 0.05) is 17.3 Å². The normalized spacial score (nSPS) is 13.3. The lowest BCUT2D eigenvalue weighted by molar-refractivity contribution is -0.141. The smallest absolute Gasteiger partial charge is 0.328 e. The van der Waals surface area contributed by atoms with Crippen molar-refractivity contribution in [3.63, 3.8) is 0 Å². The molecule has 2 aromatic heterocycles. The fraction of sp³-hybridized carbons (Fsp3) is 0.321. The van der Waals surface area contributed by atoms with Gasteiger partial charge in [-0.1, -0.05) is 38.7 Å². The lowest BCUT2D eigenvalue weighted by atomic mass is 10.1. The Labute approximate surface area is 217 Å². The van der Waals surface area contributed by atoms with Crippen molar-refractivity contribution in [2.45, 2.75) is 58.0 Å². The maximum absolute atomic E-state index is 12.8. The van der Waals surface area contributed by atoms with Crippen LogP contribution in [0, 0.1) is 11.8 Å². The first-order valence-electron chi connectivity index (χ1n) is 11.7. The van der Waals surface area contributed by atoms with Crippen LogP contribution in [0.1, 0.15) is 48.5 Å². The van der Waals surface area contributed by atoms with Gasteiger partial charge in [0.25, 0.3) is 5.91 Å². The highest BCUT2D eigenvalue weighted by molar-refractivity contribution is 7.16. The second-order valence-electron chi connectivity index (χ2n) is 10.1. The molecule has 8 heteroatoms. The van der Waals surface area contributed by atoms with Gasteiger partial charge in [0.05, 0.1) is 21.6 Å². The summed E-state index contributed by atoms with van der Waals surface area (Å²) >= 11 is 1.57. The maximum Gasteiger partial charge on any atom is 0.328 e. The molecule has 0 aliphatic rings. The van der Waals surface area contributed by atoms with Crippen molar-refractivity contribution >= 4 is 31.5 Å². The molecule has 0 bridgehead atoms. The summed E-state index contributed by atoms with van der Waals surface area (Å²) in [6, 6.07) is 15.4. The van der Waals surface area contributed by atoms with E-state index < -0.39 is 32.3 Å². The molecule has 2 atom stereocenters. The zero-order valence-corrected chi connectivity index (χ0v) is 23.3. The third-order valence-electron chi connectivity index (χ3n) is 6.31. The van der Waals surface area contributed by atoms with E-state index in [1.807, 2.05) is 30.3 Å². The second-order valence-corrected chi connectivity index (χ2v) is 15.9. The minimum absolute atomic E-state index is 0.0751. The van der Waals surface area contributed by atoms with Crippen molar-refractivity contribution in [3.05, 3.63) is 76.8 Å². The largest absolute Gasteiger partial charge is 0.480 e. The number of carboxylic acids is 1. The quantitative estimate of drug-likeness (QED) is 0.303. The topological polar surface area (TPSA) is 88.5 Å². The minimum atomic E-state index is -2.20. The standard InChI is InChI=1S/C28H32N2O4SSi/c1-19(34-36(5,6)28(2,3)4)25(27(32)33)30-26(31)21-13-10-20(11-14-21)12-15-22-16-17-24(35-22)23-9-7-8-18-29-23/h7-11,13-14,16-19,25H,1-6H3,(H,30,31)(H,32,33)/t19?,25-/m0/s1. The van der Waals surface area contributed by atoms with Crippen LogP contribution in [0.3, 0.4) is 0 Å². The molecule has 2 N–H and O–H groups in total. The molecule has 0 saturated carbocycles. The van der Waals surface area contributed by atoms with Crippen molar-refractivity contribution in [2.75, 3.05) is 0 Å². The number of aliphatic carboxylic acids is 1. The molecule has 0 radical (unpaired) electrons. The number of hydrogen-bond donors (Lipinski definition) is 2. The van der Waals surface area contributed by atoms with Gasteiger partial charge in [0.2, 0.25) is 0 Å². The predicted octanol–water partition coefficient (Wildman–Crippen LogP) is 5.80. The number of amides is 1. The summed E-state index contributed by atoms with van der Waals surface area (Å²) in [6.07, 6.45) is 1.10. The van der Waals surface area contributed by atoms with Crippen molar-refractivity contribution in [2.24, 2.45) is 0 Å². The number of carbonyl (C=O) groups is 2. The van der Waals surface area contributed by atoms with E-state index in [4.69, 9.17) is 4.43 Å². The van der Waals surface area contributed by atoms with Crippen molar-refractivity contribution in [3.8, 4) is 22.4 Å². The Hall–Kier alpha value is -3.25. The van der Waals surface area contributed by atoms with E-state index in [0.29, 0.717) is 5.56 Å². The van der Waals surface area contributed by atoms with Crippen LogP contribution < -0.4 is 5.32 Å². The molecule has 188 valence electrons. The Kier molecular flexibility index (Phi) is 8.51. The molecule has 1 amide bonds. The lowest BCUT2D eigenvalue weighted by Crippen LogP contribution is -2.53. The van der Waals surface area contributed by atoms with Crippen LogP contribution in [0.2, 0.25) is 18.1 Å². The first-order valence-corrected chi connectivity index (χ1v) is 15.4. The highest BCUT2D eigenvalue weighted by Crippen LogP contribution is 2.37. The van der Waals surface area contributed by atoms with Crippen molar-refractivity contribution < 1.29 is 19.1 Å². The Balaban J connectivity index is 1.66. The van der Waals surface area contributed by atoms with E-state index in [9.17, 15) is 14.7 Å². The Morgan fingerprint density at radius 2 is 1.75 bits per heavy atom. The van der Waals surface area contributed by atoms with E-state index in [2.05, 4.69) is 56.0 Å². The summed E-state index contributed by atoms with van der Waals surface area (Å²) in [5.41, 5.74) is 2.03. The van der Waals surface area contributed by atoms with Crippen LogP contribution in [0.5, 0.6) is 0 Å². The van der Waals surface area contributed by atoms with Gasteiger partial charge >= 0.3 is 5.97 Å².